The number of aryl methyl sites for hydroxylation is 4. The summed E-state index contributed by atoms with van der Waals surface area (Å²) in [5.41, 5.74) is 11.5. The molecule has 54 heavy (non-hydrogen) atoms. The van der Waals surface area contributed by atoms with Gasteiger partial charge in [-0.15, -0.1) is 0 Å². The fourth-order valence-electron chi connectivity index (χ4n) is 7.13. The number of ether oxygens (including phenoxy) is 3. The molecule has 0 amide bonds. The van der Waals surface area contributed by atoms with Crippen molar-refractivity contribution >= 4 is 43.0 Å². The third kappa shape index (κ3) is 7.90. The molecule has 5 aromatic carbocycles. The molecule has 0 saturated carbocycles. The minimum Gasteiger partial charge on any atom is -0.496 e. The average molecular weight is 775 g/mol. The Labute approximate surface area is 317 Å². The van der Waals surface area contributed by atoms with Crippen molar-refractivity contribution in [2.24, 2.45) is 0 Å². The van der Waals surface area contributed by atoms with Gasteiger partial charge in [-0.25, -0.2) is 0 Å². The number of anilines is 4. The van der Waals surface area contributed by atoms with E-state index >= 15 is 0 Å². The van der Waals surface area contributed by atoms with E-state index < -0.39 is 35.9 Å². The van der Waals surface area contributed by atoms with Gasteiger partial charge < -0.3 is 24.8 Å². The van der Waals surface area contributed by atoms with Crippen LogP contribution in [0.1, 0.15) is 61.6 Å². The molecule has 11 nitrogen and oxygen atoms in total. The lowest BCUT2D eigenvalue weighted by Crippen LogP contribution is -2.14. The second-order valence-corrected chi connectivity index (χ2v) is 16.2. The summed E-state index contributed by atoms with van der Waals surface area (Å²) in [6.45, 7) is 14.1. The van der Waals surface area contributed by atoms with Crippen LogP contribution in [0.15, 0.2) is 76.5 Å². The molecule has 1 atom stereocenters. The number of benzene rings is 5. The quantitative estimate of drug-likeness (QED) is 0.0707. The van der Waals surface area contributed by atoms with Crippen LogP contribution in [-0.2, 0) is 20.2 Å². The normalized spacial score (nSPS) is 12.3. The second-order valence-electron chi connectivity index (χ2n) is 13.4. The SMILES string of the molecule is COc1cc(Nc2c(C)cc(C)c(C)c2C)ccc1C(c1ccc(Nc2c(C)cc(C)c(OC)c2C)cc1OC)c1ccc(S(=O)(=O)O)cc1S(=O)(=O)O. The van der Waals surface area contributed by atoms with E-state index in [4.69, 9.17) is 14.2 Å². The maximum absolute atomic E-state index is 13.0. The first kappa shape index (κ1) is 40.1. The third-order valence-corrected chi connectivity index (χ3v) is 11.7. The van der Waals surface area contributed by atoms with Crippen LogP contribution < -0.4 is 24.8 Å². The van der Waals surface area contributed by atoms with Gasteiger partial charge in [0.05, 0.1) is 31.1 Å². The highest BCUT2D eigenvalue weighted by Crippen LogP contribution is 2.46. The van der Waals surface area contributed by atoms with E-state index in [0.717, 1.165) is 62.6 Å². The molecule has 0 heterocycles. The molecule has 0 radical (unpaired) electrons. The molecule has 286 valence electrons. The zero-order valence-corrected chi connectivity index (χ0v) is 33.6. The minimum absolute atomic E-state index is 0.0127. The standard InChI is InChI=1S/C41H46N2O9S2/c1-22-17-23(2)39(27(6)26(22)5)42-29-11-14-32(35(19-29)50-8)38(34-16-13-31(53(44,45)46)21-37(34)54(47,48)49)33-15-12-30(20-36(33)51-9)43-40-24(3)18-25(4)41(52-10)28(40)7/h11-21,38,42-43H,1-10H3,(H,44,45,46)(H,47,48,49). The molecule has 1 unspecified atom stereocenters. The van der Waals surface area contributed by atoms with E-state index in [1.807, 2.05) is 45.9 Å². The Morgan fingerprint density at radius 1 is 0.519 bits per heavy atom. The lowest BCUT2D eigenvalue weighted by atomic mass is 9.83. The largest absolute Gasteiger partial charge is 0.496 e. The Bertz CT molecular complexity index is 2500. The number of methoxy groups -OCH3 is 3. The Balaban J connectivity index is 1.74. The van der Waals surface area contributed by atoms with Crippen molar-refractivity contribution in [2.75, 3.05) is 32.0 Å². The lowest BCUT2D eigenvalue weighted by molar-refractivity contribution is 0.402. The Morgan fingerprint density at radius 3 is 1.46 bits per heavy atom. The van der Waals surface area contributed by atoms with Crippen LogP contribution in [0, 0.1) is 48.5 Å². The number of hydrogen-bond acceptors (Lipinski definition) is 9. The van der Waals surface area contributed by atoms with Gasteiger partial charge in [0.25, 0.3) is 20.2 Å². The van der Waals surface area contributed by atoms with E-state index in [1.54, 1.807) is 31.4 Å². The third-order valence-electron chi connectivity index (χ3n) is 9.96. The fourth-order valence-corrected chi connectivity index (χ4v) is 8.47. The summed E-state index contributed by atoms with van der Waals surface area (Å²) in [6, 6.07) is 17.9. The van der Waals surface area contributed by atoms with Gasteiger partial charge in [0.15, 0.2) is 0 Å². The monoisotopic (exact) mass is 774 g/mol. The first-order valence-corrected chi connectivity index (χ1v) is 19.9. The molecule has 0 aromatic heterocycles. The predicted octanol–water partition coefficient (Wildman–Crippen LogP) is 9.03. The van der Waals surface area contributed by atoms with Crippen LogP contribution in [-0.4, -0.2) is 47.3 Å². The Hall–Kier alpha value is -5.08. The van der Waals surface area contributed by atoms with Gasteiger partial charge in [-0.1, -0.05) is 30.3 Å². The van der Waals surface area contributed by atoms with Crippen molar-refractivity contribution in [2.45, 2.75) is 64.2 Å². The topological polar surface area (TPSA) is 160 Å². The summed E-state index contributed by atoms with van der Waals surface area (Å²) in [7, 11) is -5.28. The van der Waals surface area contributed by atoms with Crippen LogP contribution in [0.5, 0.6) is 17.2 Å². The van der Waals surface area contributed by atoms with E-state index in [1.165, 1.54) is 25.8 Å². The summed E-state index contributed by atoms with van der Waals surface area (Å²) < 4.78 is 88.0. The van der Waals surface area contributed by atoms with Gasteiger partial charge >= 0.3 is 0 Å². The summed E-state index contributed by atoms with van der Waals surface area (Å²) in [6.07, 6.45) is 0. The molecule has 0 spiro atoms. The minimum atomic E-state index is -5.04. The lowest BCUT2D eigenvalue weighted by Gasteiger charge is -2.26. The molecule has 0 saturated heterocycles. The van der Waals surface area contributed by atoms with E-state index in [9.17, 15) is 25.9 Å². The van der Waals surface area contributed by atoms with Crippen LogP contribution in [0.2, 0.25) is 0 Å². The number of rotatable bonds is 12. The molecule has 5 rings (SSSR count). The van der Waals surface area contributed by atoms with Crippen molar-refractivity contribution in [1.82, 2.24) is 0 Å². The number of nitrogens with one attached hydrogen (secondary N) is 2. The molecular formula is C41H46N2O9S2. The fraction of sp³-hybridized carbons (Fsp3) is 0.268. The smallest absolute Gasteiger partial charge is 0.294 e. The average Bonchev–Trinajstić information content (AvgIpc) is 3.11. The molecule has 5 aromatic rings. The highest BCUT2D eigenvalue weighted by Gasteiger charge is 2.31. The highest BCUT2D eigenvalue weighted by molar-refractivity contribution is 7.86. The van der Waals surface area contributed by atoms with Crippen LogP contribution in [0.25, 0.3) is 0 Å². The molecule has 0 aliphatic carbocycles. The first-order valence-electron chi connectivity index (χ1n) is 17.0. The van der Waals surface area contributed by atoms with Crippen molar-refractivity contribution in [3.05, 3.63) is 122 Å². The van der Waals surface area contributed by atoms with Gasteiger partial charge in [0, 0.05) is 57.5 Å². The molecule has 0 aliphatic rings. The Kier molecular flexibility index (Phi) is 11.4. The van der Waals surface area contributed by atoms with Gasteiger partial charge in [-0.3, -0.25) is 9.11 Å². The zero-order valence-electron chi connectivity index (χ0n) is 32.0. The van der Waals surface area contributed by atoms with Gasteiger partial charge in [0.1, 0.15) is 17.2 Å². The van der Waals surface area contributed by atoms with Gasteiger partial charge in [-0.2, -0.15) is 16.8 Å². The molecule has 0 fully saturated rings. The molecule has 4 N–H and O–H groups in total. The number of hydrogen-bond donors (Lipinski definition) is 4. The first-order chi connectivity index (χ1) is 25.3. The van der Waals surface area contributed by atoms with Crippen LogP contribution in [0.3, 0.4) is 0 Å². The summed E-state index contributed by atoms with van der Waals surface area (Å²) >= 11 is 0. The van der Waals surface area contributed by atoms with Crippen molar-refractivity contribution in [1.29, 1.82) is 0 Å². The van der Waals surface area contributed by atoms with Crippen LogP contribution >= 0.6 is 0 Å². The van der Waals surface area contributed by atoms with Crippen molar-refractivity contribution in [3.63, 3.8) is 0 Å². The summed E-state index contributed by atoms with van der Waals surface area (Å²) in [5.74, 6) is 0.473. The maximum atomic E-state index is 13.0. The van der Waals surface area contributed by atoms with Crippen molar-refractivity contribution in [3.8, 4) is 17.2 Å². The van der Waals surface area contributed by atoms with E-state index in [0.29, 0.717) is 34.0 Å². The molecule has 13 heteroatoms. The summed E-state index contributed by atoms with van der Waals surface area (Å²) in [4.78, 5) is -1.41. The molecule has 0 aliphatic heterocycles. The van der Waals surface area contributed by atoms with Crippen molar-refractivity contribution < 1.29 is 40.2 Å². The Morgan fingerprint density at radius 2 is 1.00 bits per heavy atom. The molecule has 0 bridgehead atoms. The van der Waals surface area contributed by atoms with E-state index in [2.05, 4.69) is 37.5 Å². The predicted molar refractivity (Wildman–Crippen MR) is 212 cm³/mol. The zero-order chi connectivity index (χ0) is 39.9. The van der Waals surface area contributed by atoms with Crippen LogP contribution in [0.4, 0.5) is 22.7 Å². The van der Waals surface area contributed by atoms with Gasteiger partial charge in [-0.05, 0) is 112 Å². The molecular weight excluding hydrogens is 729 g/mol. The maximum Gasteiger partial charge on any atom is 0.294 e. The van der Waals surface area contributed by atoms with E-state index in [-0.39, 0.29) is 5.56 Å². The highest BCUT2D eigenvalue weighted by atomic mass is 32.2. The van der Waals surface area contributed by atoms with Gasteiger partial charge in [0.2, 0.25) is 0 Å². The second kappa shape index (κ2) is 15.3. The summed E-state index contributed by atoms with van der Waals surface area (Å²) in [5, 5.41) is 6.98.